The van der Waals surface area contributed by atoms with Gasteiger partial charge in [-0.15, -0.1) is 43.3 Å². The summed E-state index contributed by atoms with van der Waals surface area (Å²) in [5.74, 6) is -2.30. The smallest absolute Gasteiger partial charge is 0.431 e. The van der Waals surface area contributed by atoms with Gasteiger partial charge < -0.3 is 59.9 Å². The van der Waals surface area contributed by atoms with Gasteiger partial charge in [0.15, 0.2) is 24.4 Å². The number of hydrogen-bond donors (Lipinski definition) is 8. The second-order valence-electron chi connectivity index (χ2n) is 18.8. The van der Waals surface area contributed by atoms with Crippen molar-refractivity contribution in [1.29, 1.82) is 0 Å². The Morgan fingerprint density at radius 1 is 0.470 bits per heavy atom. The molecule has 0 bridgehead atoms. The number of nitro benzene ring substituents is 1. The molecular weight excluding hydrogens is 1760 g/mol. The van der Waals surface area contributed by atoms with Crippen LogP contribution in [0.2, 0.25) is 0 Å². The number of nitrogen functional groups attached to an aromatic ring is 1. The summed E-state index contributed by atoms with van der Waals surface area (Å²) in [4.78, 5) is 74.7. The molecule has 532 valence electrons. The van der Waals surface area contributed by atoms with Gasteiger partial charge in [-0.1, -0.05) is 33.4 Å². The summed E-state index contributed by atoms with van der Waals surface area (Å²) in [6.07, 6.45) is -19.0. The third-order valence-corrected chi connectivity index (χ3v) is 14.3. The van der Waals surface area contributed by atoms with Crippen LogP contribution >= 0.6 is 48.9 Å². The quantitative estimate of drug-likeness (QED) is 0.0116. The van der Waals surface area contributed by atoms with E-state index in [0.29, 0.717) is 56.7 Å². The minimum absolute atomic E-state index is 0. The van der Waals surface area contributed by atoms with Crippen LogP contribution in [0.3, 0.4) is 0 Å². The number of aromatic hydroxyl groups is 5. The molecule has 4 heterocycles. The minimum atomic E-state index is -4.83. The third kappa shape index (κ3) is 22.8. The zero-order chi connectivity index (χ0) is 74.3. The topological polar surface area (TPSA) is 391 Å². The number of nitrogens with zero attached hydrogens (tertiary/aromatic N) is 11. The molecule has 8 aromatic rings. The molecule has 0 fully saturated rings. The maximum atomic E-state index is 12.9. The summed E-state index contributed by atoms with van der Waals surface area (Å²) in [5, 5.41) is 81.6. The largest absolute Gasteiger partial charge is 0.560 e. The molecule has 0 unspecified atom stereocenters. The second kappa shape index (κ2) is 38.2. The molecule has 4 aromatic carbocycles. The van der Waals surface area contributed by atoms with E-state index in [1.165, 1.54) is 43.5 Å². The van der Waals surface area contributed by atoms with Crippen LogP contribution in [0.5, 0.6) is 28.7 Å². The number of aromatic nitrogens is 8. The van der Waals surface area contributed by atoms with Gasteiger partial charge in [-0.3, -0.25) is 47.6 Å². The first kappa shape index (κ1) is 95.7. The van der Waals surface area contributed by atoms with Gasteiger partial charge in [-0.05, 0) is 65.9 Å². The van der Waals surface area contributed by atoms with Gasteiger partial charge in [0.25, 0.3) is 27.3 Å². The number of nitro groups is 1. The fourth-order valence-corrected chi connectivity index (χ4v) is 8.80. The summed E-state index contributed by atoms with van der Waals surface area (Å²) < 4.78 is 158. The third-order valence-electron chi connectivity index (χ3n) is 12.5. The molecule has 0 atom stereocenters. The Morgan fingerprint density at radius 3 is 1.05 bits per heavy atom. The van der Waals surface area contributed by atoms with Gasteiger partial charge >= 0.3 is 24.7 Å². The molecule has 4 radical (unpaired) electrons. The normalized spacial score (nSPS) is 10.7. The summed E-state index contributed by atoms with van der Waals surface area (Å²) in [5.41, 5.74) is -3.98. The van der Waals surface area contributed by atoms with Crippen molar-refractivity contribution < 1.29 is 231 Å². The molecule has 0 aliphatic heterocycles. The van der Waals surface area contributed by atoms with Gasteiger partial charge in [-0.2, -0.15) is 101 Å². The Hall–Kier alpha value is -6.34. The average Bonchev–Trinajstić information content (AvgIpc) is 0.778. The van der Waals surface area contributed by atoms with Crippen LogP contribution in [0.25, 0.3) is 22.7 Å². The number of nitrogens with two attached hydrogens (primary N) is 1. The van der Waals surface area contributed by atoms with E-state index in [4.69, 9.17) is 80.0 Å². The fourth-order valence-electron chi connectivity index (χ4n) is 7.67. The van der Waals surface area contributed by atoms with Crippen molar-refractivity contribution in [2.45, 2.75) is 52.4 Å². The second-order valence-corrected chi connectivity index (χ2v) is 20.2. The Kier molecular flexibility index (Phi) is 36.6. The first-order valence-corrected chi connectivity index (χ1v) is 26.4. The Balaban J connectivity index is -0.00000121. The molecule has 28 nitrogen and oxygen atoms in total. The zero-order valence-electron chi connectivity index (χ0n) is 51.5. The molecule has 100 heavy (non-hydrogen) atoms. The van der Waals surface area contributed by atoms with Gasteiger partial charge in [0, 0.05) is 207 Å². The molecule has 48 heteroatoms. The maximum absolute atomic E-state index is 12.9. The summed E-state index contributed by atoms with van der Waals surface area (Å²) in [6, 6.07) is 18.2. The van der Waals surface area contributed by atoms with E-state index in [1.54, 1.807) is 13.8 Å². The number of benzene rings is 4. The monoisotopic (exact) mass is 1800 g/mol. The predicted molar refractivity (Wildman–Crippen MR) is 320 cm³/mol. The van der Waals surface area contributed by atoms with Crippen LogP contribution in [-0.4, -0.2) is 82.5 Å². The molecule has 8 rings (SSSR count). The van der Waals surface area contributed by atoms with Gasteiger partial charge in [-0.25, -0.2) is 0 Å². The van der Waals surface area contributed by atoms with Crippen LogP contribution in [-0.2, 0) is 184 Å². The van der Waals surface area contributed by atoms with Crippen molar-refractivity contribution in [2.24, 2.45) is 33.5 Å². The SMILES string of the molecule is Cc1c[c-]c(-n2c(=O)cc(C(F)(F)F)n(C)c2=S)c(N)c1O.Cc1c[c-]c(-n2c(=O)cc(C(F)(F)F)n(C)c2=S)c(O)c1O.Cc1c[c-]c(-n2c(=O)cc(C(F)(F)F)n(C)c2=S)c([N+](=O)[O-])c1O.Cc1c[c-]c(-n2c(=O)cc(C(F)(F)F)n(C)c2=S)cc1O.O=NO.O=[N+]([O-])O.[HH].[Y].[Y].[Y].[Y]. The van der Waals surface area contributed by atoms with E-state index in [0.717, 1.165) is 43.4 Å². The van der Waals surface area contributed by atoms with E-state index in [-0.39, 0.29) is 188 Å². The van der Waals surface area contributed by atoms with Crippen molar-refractivity contribution in [3.63, 3.8) is 0 Å². The van der Waals surface area contributed by atoms with Crippen LogP contribution in [0.1, 0.15) is 46.5 Å². The number of hydrogen-bond acceptors (Lipinski definition) is 20. The Labute approximate surface area is 673 Å². The number of phenolic OH excluding ortho intramolecular Hbond substituents is 5. The molecule has 9 N–H and O–H groups in total. The molecule has 0 saturated heterocycles. The molecule has 0 amide bonds. The molecule has 0 spiro atoms. The van der Waals surface area contributed by atoms with Crippen LogP contribution < -0.4 is 28.0 Å². The summed E-state index contributed by atoms with van der Waals surface area (Å²) in [6.45, 7) is 6.04. The molecule has 0 saturated carbocycles. The van der Waals surface area contributed by atoms with Gasteiger partial charge in [0.05, 0.1) is 17.2 Å². The van der Waals surface area contributed by atoms with E-state index in [1.807, 2.05) is 0 Å². The van der Waals surface area contributed by atoms with Gasteiger partial charge in [0.2, 0.25) is 5.69 Å². The molecule has 4 aromatic heterocycles. The Bertz CT molecular complexity index is 4760. The number of anilines is 1. The van der Waals surface area contributed by atoms with E-state index in [2.05, 4.69) is 24.3 Å². The number of halogens is 12. The summed E-state index contributed by atoms with van der Waals surface area (Å²) >= 11 is 19.6. The molecule has 0 aliphatic rings. The van der Waals surface area contributed by atoms with E-state index in [9.17, 15) is 108 Å². The zero-order valence-corrected chi connectivity index (χ0v) is 66.1. The summed E-state index contributed by atoms with van der Waals surface area (Å²) in [7, 11) is 4.23. The van der Waals surface area contributed by atoms with Crippen molar-refractivity contribution in [2.75, 3.05) is 5.73 Å². The van der Waals surface area contributed by atoms with Gasteiger partial charge in [0.1, 0.15) is 22.8 Å². The van der Waals surface area contributed by atoms with Crippen molar-refractivity contribution in [3.8, 4) is 51.5 Å². The van der Waals surface area contributed by atoms with Crippen LogP contribution in [0, 0.1) is 96.2 Å². The van der Waals surface area contributed by atoms with Crippen LogP contribution in [0.15, 0.2) is 79.1 Å². The maximum Gasteiger partial charge on any atom is 0.431 e. The van der Waals surface area contributed by atoms with Crippen molar-refractivity contribution in [1.82, 2.24) is 36.5 Å². The van der Waals surface area contributed by atoms with Crippen molar-refractivity contribution >= 4 is 60.2 Å². The number of alkyl halides is 12. The van der Waals surface area contributed by atoms with E-state index >= 15 is 0 Å². The standard InChI is InChI=1S/C13H9F3N3O4S.C13H11F3N3O2S.C13H10F3N2O3S.C13H10F3N2O2S.HNO3.HNO2.4Y.H2/c1-6-3-4-7(10(11(6)21)19(22)23)18-9(20)5-8(13(14,15)16)17(2)12(18)24;1-6-3-4-7(10(17)11(6)21)19-9(20)5-8(13(14,15)16)18(2)12(19)22;1-6-3-4-7(11(21)10(6)20)18-9(19)5-8(13(14,15)16)17(2)12(18)22;1-7-3-4-8(5-9(7)19)18-11(20)6-10(13(14,15)16)17(2)12(18)21;2-1(3)4;2-1-3;;;;;/h3,5,21H,1-2H3;3,5,21H,17H2,1-2H3;3,5,20-21H,1-2H3;3,5-6,19H,1-2H3;(H,2,3,4);(H,2,3);;;;;1H/q4*-1;;;;;;;. The number of phenols is 5. The van der Waals surface area contributed by atoms with E-state index < -0.39 is 123 Å². The number of rotatable bonds is 5. The number of aryl methyl sites for hydroxylation is 4. The Morgan fingerprint density at radius 2 is 0.730 bits per heavy atom. The predicted octanol–water partition coefficient (Wildman–Crippen LogP) is 10.2. The first-order valence-electron chi connectivity index (χ1n) is 24.8. The van der Waals surface area contributed by atoms with Crippen LogP contribution in [0.4, 0.5) is 64.1 Å². The van der Waals surface area contributed by atoms with Crippen molar-refractivity contribution in [3.05, 3.63) is 210 Å². The molecule has 0 aliphatic carbocycles. The average molecular weight is 1800 g/mol. The minimum Gasteiger partial charge on any atom is -0.560 e. The first-order chi connectivity index (χ1) is 43.8. The fraction of sp³-hybridized carbons (Fsp3) is 0.231. The molecular formula is C52H44F12N12O16S4Y4-4.